The zero-order valence-corrected chi connectivity index (χ0v) is 12.5. The van der Waals surface area contributed by atoms with E-state index in [0.29, 0.717) is 0 Å². The summed E-state index contributed by atoms with van der Waals surface area (Å²) in [5.74, 6) is 0. The van der Waals surface area contributed by atoms with Gasteiger partial charge in [-0.2, -0.15) is 12.6 Å². The second-order valence-corrected chi connectivity index (χ2v) is 6.43. The van der Waals surface area contributed by atoms with Gasteiger partial charge in [0.2, 0.25) is 0 Å². The van der Waals surface area contributed by atoms with Crippen molar-refractivity contribution in [2.75, 3.05) is 12.8 Å². The molecule has 0 spiro atoms. The summed E-state index contributed by atoms with van der Waals surface area (Å²) in [7, 11) is -0.900. The third-order valence-corrected chi connectivity index (χ3v) is 5.20. The summed E-state index contributed by atoms with van der Waals surface area (Å²) in [5, 5.41) is -0.135. The Labute approximate surface area is 107 Å². The molecule has 0 aliphatic rings. The van der Waals surface area contributed by atoms with Gasteiger partial charge >= 0.3 is 0 Å². The van der Waals surface area contributed by atoms with Gasteiger partial charge in [-0.3, -0.25) is 4.79 Å². The molecule has 0 aliphatic carbocycles. The molecular weight excluding hydrogens is 239 g/mol. The summed E-state index contributed by atoms with van der Waals surface area (Å²) >= 11 is 4.32. The monoisotopic (exact) mass is 264 g/mol. The van der Waals surface area contributed by atoms with Crippen LogP contribution in [0.3, 0.4) is 0 Å². The highest BCUT2D eigenvalue weighted by molar-refractivity contribution is 7.85. The van der Waals surface area contributed by atoms with E-state index in [1.807, 2.05) is 6.92 Å². The molecule has 2 atom stereocenters. The van der Waals surface area contributed by atoms with Crippen LogP contribution in [0.2, 0.25) is 0 Å². The lowest BCUT2D eigenvalue weighted by Gasteiger charge is -2.18. The van der Waals surface area contributed by atoms with Crippen molar-refractivity contribution in [1.29, 1.82) is 0 Å². The lowest BCUT2D eigenvalue weighted by atomic mass is 10.4. The first-order chi connectivity index (χ1) is 7.67. The molecule has 0 aliphatic heterocycles. The number of carbonyl (C=O) groups excluding carboxylic acids is 1. The summed E-state index contributed by atoms with van der Waals surface area (Å²) in [5.41, 5.74) is 0.227. The average molecular weight is 264 g/mol. The van der Waals surface area contributed by atoms with Gasteiger partial charge in [-0.15, -0.1) is 0 Å². The molecule has 4 heteroatoms. The normalized spacial score (nSPS) is 14.8. The van der Waals surface area contributed by atoms with E-state index in [4.69, 9.17) is 4.52 Å². The zero-order valence-electron chi connectivity index (χ0n) is 10.7. The van der Waals surface area contributed by atoms with Crippen LogP contribution >= 0.6 is 20.8 Å². The summed E-state index contributed by atoms with van der Waals surface area (Å²) in [6, 6.07) is 0. The molecule has 0 aromatic heterocycles. The standard InChI is InChI=1S/C12H25O2PS/c1-4-7-9-14-15(10-8-5-2)12(13)11(16)6-3/h11,16H,4-10H2,1-3H3. The number of hydrogen-bond acceptors (Lipinski definition) is 3. The van der Waals surface area contributed by atoms with E-state index in [1.165, 1.54) is 0 Å². The maximum Gasteiger partial charge on any atom is 0.194 e. The van der Waals surface area contributed by atoms with Crippen LogP contribution in [0.5, 0.6) is 0 Å². The van der Waals surface area contributed by atoms with Crippen LogP contribution in [0.25, 0.3) is 0 Å². The van der Waals surface area contributed by atoms with Crippen molar-refractivity contribution in [3.63, 3.8) is 0 Å². The first-order valence-electron chi connectivity index (χ1n) is 6.29. The Bertz CT molecular complexity index is 188. The SMILES string of the molecule is CCCCOP(CCCC)C(=O)C(S)CC. The fourth-order valence-electron chi connectivity index (χ4n) is 1.20. The first kappa shape index (κ1) is 16.4. The van der Waals surface area contributed by atoms with Gasteiger partial charge in [0, 0.05) is 0 Å². The van der Waals surface area contributed by atoms with Crippen molar-refractivity contribution < 1.29 is 9.32 Å². The van der Waals surface area contributed by atoms with Crippen LogP contribution in [0.1, 0.15) is 52.9 Å². The molecule has 0 saturated carbocycles. The predicted molar refractivity (Wildman–Crippen MR) is 75.6 cm³/mol. The third kappa shape index (κ3) is 6.88. The molecule has 0 rings (SSSR count). The molecule has 0 heterocycles. The molecule has 0 bridgehead atoms. The summed E-state index contributed by atoms with van der Waals surface area (Å²) in [6.45, 7) is 6.99. The maximum atomic E-state index is 12.0. The van der Waals surface area contributed by atoms with Crippen LogP contribution < -0.4 is 0 Å². The Hall–Kier alpha value is 0.410. The molecule has 2 unspecified atom stereocenters. The van der Waals surface area contributed by atoms with Crippen molar-refractivity contribution in [3.05, 3.63) is 0 Å². The average Bonchev–Trinajstić information content (AvgIpc) is 2.31. The van der Waals surface area contributed by atoms with Crippen LogP contribution in [0.15, 0.2) is 0 Å². The first-order valence-corrected chi connectivity index (χ1v) is 8.25. The van der Waals surface area contributed by atoms with Gasteiger partial charge in [0.05, 0.1) is 20.0 Å². The number of unbranched alkanes of at least 4 members (excludes halogenated alkanes) is 2. The Kier molecular flexibility index (Phi) is 10.8. The maximum absolute atomic E-state index is 12.0. The van der Waals surface area contributed by atoms with Gasteiger partial charge < -0.3 is 4.52 Å². The van der Waals surface area contributed by atoms with E-state index in [2.05, 4.69) is 26.5 Å². The van der Waals surface area contributed by atoms with Crippen molar-refractivity contribution in [2.45, 2.75) is 58.1 Å². The molecule has 0 saturated heterocycles. The Balaban J connectivity index is 4.12. The fraction of sp³-hybridized carbons (Fsp3) is 0.917. The van der Waals surface area contributed by atoms with Crippen LogP contribution in [-0.2, 0) is 9.32 Å². The molecule has 0 fully saturated rings. The second-order valence-electron chi connectivity index (χ2n) is 3.90. The van der Waals surface area contributed by atoms with E-state index >= 15 is 0 Å². The molecular formula is C12H25O2PS. The predicted octanol–water partition coefficient (Wildman–Crippen LogP) is 4.24. The van der Waals surface area contributed by atoms with Crippen molar-refractivity contribution in [3.8, 4) is 0 Å². The van der Waals surface area contributed by atoms with Gasteiger partial charge in [-0.1, -0.05) is 33.6 Å². The van der Waals surface area contributed by atoms with E-state index in [-0.39, 0.29) is 10.8 Å². The number of thiol groups is 1. The zero-order chi connectivity index (χ0) is 12.4. The summed E-state index contributed by atoms with van der Waals surface area (Å²) < 4.78 is 5.74. The largest absolute Gasteiger partial charge is 0.351 e. The molecule has 96 valence electrons. The highest BCUT2D eigenvalue weighted by Gasteiger charge is 2.23. The third-order valence-electron chi connectivity index (χ3n) is 2.38. The topological polar surface area (TPSA) is 26.3 Å². The minimum atomic E-state index is -0.900. The fourth-order valence-corrected chi connectivity index (χ4v) is 3.53. The van der Waals surface area contributed by atoms with Crippen molar-refractivity contribution in [1.82, 2.24) is 0 Å². The van der Waals surface area contributed by atoms with Gasteiger partial charge in [-0.25, -0.2) is 0 Å². The highest BCUT2D eigenvalue weighted by atomic mass is 32.1. The molecule has 0 aromatic carbocycles. The molecule has 16 heavy (non-hydrogen) atoms. The van der Waals surface area contributed by atoms with Crippen LogP contribution in [-0.4, -0.2) is 23.5 Å². The van der Waals surface area contributed by atoms with Gasteiger partial charge in [-0.05, 0) is 25.4 Å². The Morgan fingerprint density at radius 2 is 1.88 bits per heavy atom. The number of hydrogen-bond donors (Lipinski definition) is 1. The lowest BCUT2D eigenvalue weighted by molar-refractivity contribution is -0.111. The van der Waals surface area contributed by atoms with Gasteiger partial charge in [0.1, 0.15) is 0 Å². The van der Waals surface area contributed by atoms with E-state index in [9.17, 15) is 4.79 Å². The van der Waals surface area contributed by atoms with Gasteiger partial charge in [0.15, 0.2) is 5.52 Å². The van der Waals surface area contributed by atoms with E-state index in [1.54, 1.807) is 0 Å². The van der Waals surface area contributed by atoms with Crippen molar-refractivity contribution in [2.24, 2.45) is 0 Å². The Morgan fingerprint density at radius 3 is 2.38 bits per heavy atom. The smallest absolute Gasteiger partial charge is 0.194 e. The molecule has 0 amide bonds. The molecule has 0 radical (unpaired) electrons. The number of carbonyl (C=O) groups is 1. The minimum Gasteiger partial charge on any atom is -0.351 e. The second kappa shape index (κ2) is 10.6. The van der Waals surface area contributed by atoms with Crippen molar-refractivity contribution >= 4 is 26.3 Å². The highest BCUT2D eigenvalue weighted by Crippen LogP contribution is 2.41. The quantitative estimate of drug-likeness (QED) is 0.363. The summed E-state index contributed by atoms with van der Waals surface area (Å²) in [4.78, 5) is 12.0. The molecule has 0 aromatic rings. The molecule has 2 nitrogen and oxygen atoms in total. The molecule has 0 N–H and O–H groups in total. The van der Waals surface area contributed by atoms with Gasteiger partial charge in [0.25, 0.3) is 0 Å². The lowest BCUT2D eigenvalue weighted by Crippen LogP contribution is -2.14. The Morgan fingerprint density at radius 1 is 1.25 bits per heavy atom. The van der Waals surface area contributed by atoms with Crippen LogP contribution in [0, 0.1) is 0 Å². The van der Waals surface area contributed by atoms with Crippen LogP contribution in [0.4, 0.5) is 0 Å². The van der Waals surface area contributed by atoms with E-state index in [0.717, 1.165) is 44.9 Å². The number of rotatable bonds is 10. The minimum absolute atomic E-state index is 0.135. The van der Waals surface area contributed by atoms with E-state index < -0.39 is 8.15 Å². The summed E-state index contributed by atoms with van der Waals surface area (Å²) in [6.07, 6.45) is 6.06.